The van der Waals surface area contributed by atoms with Crippen molar-refractivity contribution in [3.05, 3.63) is 0 Å². The van der Waals surface area contributed by atoms with E-state index in [9.17, 15) is 0 Å². The Morgan fingerprint density at radius 3 is 2.47 bits per heavy atom. The summed E-state index contributed by atoms with van der Waals surface area (Å²) in [5, 5.41) is 3.47. The van der Waals surface area contributed by atoms with Gasteiger partial charge in [-0.25, -0.2) is 0 Å². The molecule has 2 unspecified atom stereocenters. The predicted octanol–water partition coefficient (Wildman–Crippen LogP) is 2.72. The third kappa shape index (κ3) is 3.18. The minimum atomic E-state index is 0.490. The van der Waals surface area contributed by atoms with Crippen LogP contribution < -0.4 is 5.32 Å². The number of nitrogens with one attached hydrogen (secondary N) is 1. The standard InChI is InChI=1S/C13H25NO/c1-14-12(10-11-6-2-3-7-11)13-8-4-5-9-15-13/h11-14H,2-10H2,1H3. The monoisotopic (exact) mass is 211 g/mol. The minimum Gasteiger partial charge on any atom is -0.377 e. The molecule has 2 rings (SSSR count). The molecule has 2 heteroatoms. The summed E-state index contributed by atoms with van der Waals surface area (Å²) in [4.78, 5) is 0. The predicted molar refractivity (Wildman–Crippen MR) is 63.0 cm³/mol. The molecular formula is C13H25NO. The zero-order valence-electron chi connectivity index (χ0n) is 10.0. The highest BCUT2D eigenvalue weighted by molar-refractivity contribution is 4.82. The Kier molecular flexibility index (Phi) is 4.45. The molecule has 1 aliphatic heterocycles. The van der Waals surface area contributed by atoms with Crippen LogP contribution in [0.5, 0.6) is 0 Å². The van der Waals surface area contributed by atoms with E-state index in [-0.39, 0.29) is 0 Å². The van der Waals surface area contributed by atoms with E-state index in [4.69, 9.17) is 4.74 Å². The summed E-state index contributed by atoms with van der Waals surface area (Å²) in [6.07, 6.45) is 11.5. The number of rotatable bonds is 4. The fourth-order valence-electron chi connectivity index (χ4n) is 3.14. The smallest absolute Gasteiger partial charge is 0.0728 e. The Hall–Kier alpha value is -0.0800. The van der Waals surface area contributed by atoms with E-state index in [1.807, 2.05) is 0 Å². The van der Waals surface area contributed by atoms with Crippen LogP contribution in [0.2, 0.25) is 0 Å². The molecule has 2 nitrogen and oxygen atoms in total. The molecule has 2 fully saturated rings. The lowest BCUT2D eigenvalue weighted by atomic mass is 9.92. The number of hydrogen-bond donors (Lipinski definition) is 1. The highest BCUT2D eigenvalue weighted by atomic mass is 16.5. The van der Waals surface area contributed by atoms with Crippen molar-refractivity contribution in [2.45, 2.75) is 63.5 Å². The molecule has 0 spiro atoms. The van der Waals surface area contributed by atoms with Crippen molar-refractivity contribution in [2.24, 2.45) is 5.92 Å². The van der Waals surface area contributed by atoms with Gasteiger partial charge in [0.15, 0.2) is 0 Å². The van der Waals surface area contributed by atoms with Gasteiger partial charge in [-0.2, -0.15) is 0 Å². The van der Waals surface area contributed by atoms with Crippen molar-refractivity contribution in [1.82, 2.24) is 5.32 Å². The summed E-state index contributed by atoms with van der Waals surface area (Å²) in [5.74, 6) is 0.966. The maximum Gasteiger partial charge on any atom is 0.0728 e. The number of hydrogen-bond acceptors (Lipinski definition) is 2. The Morgan fingerprint density at radius 2 is 1.87 bits per heavy atom. The number of ether oxygens (including phenoxy) is 1. The van der Waals surface area contributed by atoms with Crippen LogP contribution in [0.25, 0.3) is 0 Å². The summed E-state index contributed by atoms with van der Waals surface area (Å²) in [6, 6.07) is 0.605. The molecule has 1 saturated heterocycles. The molecule has 0 amide bonds. The minimum absolute atomic E-state index is 0.490. The van der Waals surface area contributed by atoms with Crippen LogP contribution in [-0.2, 0) is 4.74 Å². The zero-order chi connectivity index (χ0) is 10.5. The van der Waals surface area contributed by atoms with Gasteiger partial charge >= 0.3 is 0 Å². The molecule has 1 N–H and O–H groups in total. The van der Waals surface area contributed by atoms with Crippen LogP contribution in [0.15, 0.2) is 0 Å². The molecule has 0 aromatic carbocycles. The largest absolute Gasteiger partial charge is 0.377 e. The Labute approximate surface area is 93.8 Å². The first-order chi connectivity index (χ1) is 7.40. The SMILES string of the molecule is CNC(CC1CCCC1)C1CCCCO1. The summed E-state index contributed by atoms with van der Waals surface area (Å²) >= 11 is 0. The molecule has 0 bridgehead atoms. The lowest BCUT2D eigenvalue weighted by Crippen LogP contribution is -2.42. The van der Waals surface area contributed by atoms with E-state index < -0.39 is 0 Å². The van der Waals surface area contributed by atoms with Crippen LogP contribution in [0.1, 0.15) is 51.4 Å². The Morgan fingerprint density at radius 1 is 1.13 bits per heavy atom. The van der Waals surface area contributed by atoms with Gasteiger partial charge in [-0.15, -0.1) is 0 Å². The highest BCUT2D eigenvalue weighted by Crippen LogP contribution is 2.30. The molecule has 2 atom stereocenters. The first-order valence-electron chi connectivity index (χ1n) is 6.69. The van der Waals surface area contributed by atoms with Crippen molar-refractivity contribution in [1.29, 1.82) is 0 Å². The van der Waals surface area contributed by atoms with Crippen molar-refractivity contribution < 1.29 is 4.74 Å². The highest BCUT2D eigenvalue weighted by Gasteiger charge is 2.27. The van der Waals surface area contributed by atoms with Gasteiger partial charge in [0.1, 0.15) is 0 Å². The van der Waals surface area contributed by atoms with E-state index in [1.54, 1.807) is 0 Å². The van der Waals surface area contributed by atoms with Gasteiger partial charge in [0, 0.05) is 12.6 Å². The van der Waals surface area contributed by atoms with Crippen LogP contribution >= 0.6 is 0 Å². The summed E-state index contributed by atoms with van der Waals surface area (Å²) < 4.78 is 5.88. The summed E-state index contributed by atoms with van der Waals surface area (Å²) in [5.41, 5.74) is 0. The van der Waals surface area contributed by atoms with Crippen molar-refractivity contribution >= 4 is 0 Å². The first-order valence-corrected chi connectivity index (χ1v) is 6.69. The molecular weight excluding hydrogens is 186 g/mol. The maximum atomic E-state index is 5.88. The van der Waals surface area contributed by atoms with E-state index in [0.29, 0.717) is 12.1 Å². The molecule has 1 aliphatic carbocycles. The summed E-state index contributed by atoms with van der Waals surface area (Å²) in [6.45, 7) is 0.980. The Bertz CT molecular complexity index is 171. The van der Waals surface area contributed by atoms with Gasteiger partial charge in [0.05, 0.1) is 6.10 Å². The van der Waals surface area contributed by atoms with E-state index in [2.05, 4.69) is 12.4 Å². The second-order valence-corrected chi connectivity index (χ2v) is 5.19. The molecule has 0 aromatic heterocycles. The van der Waals surface area contributed by atoms with Gasteiger partial charge in [-0.3, -0.25) is 0 Å². The third-order valence-corrected chi connectivity index (χ3v) is 4.10. The average Bonchev–Trinajstić information content (AvgIpc) is 2.80. The van der Waals surface area contributed by atoms with Gasteiger partial charge in [0.25, 0.3) is 0 Å². The summed E-state index contributed by atoms with van der Waals surface area (Å²) in [7, 11) is 2.09. The lowest BCUT2D eigenvalue weighted by molar-refractivity contribution is -0.0108. The van der Waals surface area contributed by atoms with Crippen LogP contribution in [0, 0.1) is 5.92 Å². The third-order valence-electron chi connectivity index (χ3n) is 4.10. The van der Waals surface area contributed by atoms with Crippen LogP contribution in [0.4, 0.5) is 0 Å². The van der Waals surface area contributed by atoms with Gasteiger partial charge in [-0.05, 0) is 38.6 Å². The van der Waals surface area contributed by atoms with Gasteiger partial charge in [0.2, 0.25) is 0 Å². The van der Waals surface area contributed by atoms with Crippen molar-refractivity contribution in [3.8, 4) is 0 Å². The van der Waals surface area contributed by atoms with E-state index in [1.165, 1.54) is 51.4 Å². The molecule has 1 saturated carbocycles. The maximum absolute atomic E-state index is 5.88. The Balaban J connectivity index is 1.79. The fourth-order valence-corrected chi connectivity index (χ4v) is 3.14. The van der Waals surface area contributed by atoms with Gasteiger partial charge < -0.3 is 10.1 Å². The molecule has 0 aromatic rings. The van der Waals surface area contributed by atoms with Crippen LogP contribution in [0.3, 0.4) is 0 Å². The van der Waals surface area contributed by atoms with Crippen LogP contribution in [-0.4, -0.2) is 25.8 Å². The van der Waals surface area contributed by atoms with Crippen molar-refractivity contribution in [3.63, 3.8) is 0 Å². The molecule has 15 heavy (non-hydrogen) atoms. The van der Waals surface area contributed by atoms with E-state index >= 15 is 0 Å². The molecule has 2 aliphatic rings. The first kappa shape index (κ1) is 11.4. The molecule has 1 heterocycles. The molecule has 88 valence electrons. The van der Waals surface area contributed by atoms with Crippen molar-refractivity contribution in [2.75, 3.05) is 13.7 Å². The zero-order valence-corrected chi connectivity index (χ0v) is 10.0. The lowest BCUT2D eigenvalue weighted by Gasteiger charge is -2.31. The fraction of sp³-hybridized carbons (Fsp3) is 1.00. The topological polar surface area (TPSA) is 21.3 Å². The number of likely N-dealkylation sites (N-methyl/N-ethyl adjacent to an activating group) is 1. The molecule has 0 radical (unpaired) electrons. The second kappa shape index (κ2) is 5.86. The average molecular weight is 211 g/mol. The normalized spacial score (nSPS) is 30.6. The van der Waals surface area contributed by atoms with Gasteiger partial charge in [-0.1, -0.05) is 25.7 Å². The van der Waals surface area contributed by atoms with E-state index in [0.717, 1.165) is 12.5 Å². The quantitative estimate of drug-likeness (QED) is 0.772. The second-order valence-electron chi connectivity index (χ2n) is 5.19.